The third-order valence-electron chi connectivity index (χ3n) is 3.58. The van der Waals surface area contributed by atoms with Crippen LogP contribution in [-0.2, 0) is 0 Å². The van der Waals surface area contributed by atoms with Crippen LogP contribution in [0.4, 0.5) is 5.69 Å². The Balaban J connectivity index is 1.79. The van der Waals surface area contributed by atoms with Gasteiger partial charge >= 0.3 is 0 Å². The van der Waals surface area contributed by atoms with Crippen LogP contribution < -0.4 is 5.32 Å². The number of hydrogen-bond donors (Lipinski definition) is 1. The van der Waals surface area contributed by atoms with Crippen molar-refractivity contribution in [2.75, 3.05) is 6.54 Å². The quantitative estimate of drug-likeness (QED) is 0.526. The first kappa shape index (κ1) is 17.1. The van der Waals surface area contributed by atoms with Crippen molar-refractivity contribution >= 4 is 34.5 Å². The molecule has 0 aliphatic rings. The molecule has 128 valence electrons. The van der Waals surface area contributed by atoms with Crippen LogP contribution in [0, 0.1) is 10.1 Å². The van der Waals surface area contributed by atoms with E-state index in [1.165, 1.54) is 18.2 Å². The molecule has 7 nitrogen and oxygen atoms in total. The van der Waals surface area contributed by atoms with Gasteiger partial charge in [-0.15, -0.1) is 11.3 Å². The van der Waals surface area contributed by atoms with Crippen LogP contribution >= 0.6 is 22.9 Å². The van der Waals surface area contributed by atoms with E-state index in [9.17, 15) is 14.9 Å². The molecule has 0 saturated heterocycles. The van der Waals surface area contributed by atoms with Crippen LogP contribution in [0.5, 0.6) is 0 Å². The van der Waals surface area contributed by atoms with Crippen LogP contribution in [0.2, 0.25) is 5.02 Å². The molecule has 0 bridgehead atoms. The predicted octanol–water partition coefficient (Wildman–Crippen LogP) is 3.53. The Hall–Kier alpha value is -2.71. The van der Waals surface area contributed by atoms with Crippen molar-refractivity contribution in [3.8, 4) is 0 Å². The van der Waals surface area contributed by atoms with Crippen molar-refractivity contribution in [1.82, 2.24) is 15.1 Å². The summed E-state index contributed by atoms with van der Waals surface area (Å²) >= 11 is 7.57. The first-order chi connectivity index (χ1) is 12.1. The van der Waals surface area contributed by atoms with E-state index in [1.807, 2.05) is 23.7 Å². The average Bonchev–Trinajstić information content (AvgIpc) is 3.29. The molecule has 0 aliphatic carbocycles. The summed E-state index contributed by atoms with van der Waals surface area (Å²) in [6, 6.07) is 9.30. The molecule has 1 N–H and O–H groups in total. The normalized spacial score (nSPS) is 11.9. The number of nitrogens with zero attached hydrogens (tertiary/aromatic N) is 3. The van der Waals surface area contributed by atoms with Gasteiger partial charge < -0.3 is 5.32 Å². The maximum atomic E-state index is 12.4. The molecule has 2 heterocycles. The van der Waals surface area contributed by atoms with E-state index in [-0.39, 0.29) is 28.9 Å². The zero-order chi connectivity index (χ0) is 17.8. The third-order valence-corrected chi connectivity index (χ3v) is 4.88. The Morgan fingerprint density at radius 3 is 2.88 bits per heavy atom. The molecule has 0 aliphatic heterocycles. The van der Waals surface area contributed by atoms with E-state index in [4.69, 9.17) is 11.6 Å². The van der Waals surface area contributed by atoms with E-state index in [2.05, 4.69) is 10.4 Å². The lowest BCUT2D eigenvalue weighted by molar-refractivity contribution is -0.384. The van der Waals surface area contributed by atoms with Gasteiger partial charge in [-0.3, -0.25) is 19.6 Å². The summed E-state index contributed by atoms with van der Waals surface area (Å²) in [6.07, 6.45) is 3.48. The van der Waals surface area contributed by atoms with Gasteiger partial charge in [-0.1, -0.05) is 17.7 Å². The van der Waals surface area contributed by atoms with Crippen molar-refractivity contribution in [3.05, 3.63) is 79.7 Å². The van der Waals surface area contributed by atoms with Gasteiger partial charge in [0.1, 0.15) is 6.04 Å². The van der Waals surface area contributed by atoms with Gasteiger partial charge in [0.25, 0.3) is 11.6 Å². The van der Waals surface area contributed by atoms with E-state index in [0.717, 1.165) is 4.88 Å². The molecule has 1 aromatic carbocycles. The molecule has 2 aromatic heterocycles. The Kier molecular flexibility index (Phi) is 5.11. The van der Waals surface area contributed by atoms with Gasteiger partial charge in [-0.25, -0.2) is 0 Å². The number of carbonyl (C=O) groups is 1. The number of thiophene rings is 1. The van der Waals surface area contributed by atoms with Gasteiger partial charge in [-0.2, -0.15) is 5.10 Å². The molecular formula is C16H13ClN4O3S. The Morgan fingerprint density at radius 2 is 2.24 bits per heavy atom. The van der Waals surface area contributed by atoms with Gasteiger partial charge in [0.2, 0.25) is 0 Å². The monoisotopic (exact) mass is 376 g/mol. The second-order valence-corrected chi connectivity index (χ2v) is 6.54. The summed E-state index contributed by atoms with van der Waals surface area (Å²) in [5, 5.41) is 20.0. The number of benzene rings is 1. The van der Waals surface area contributed by atoms with Crippen LogP contribution in [0.3, 0.4) is 0 Å². The van der Waals surface area contributed by atoms with Gasteiger partial charge in [0.05, 0.1) is 15.5 Å². The molecule has 1 unspecified atom stereocenters. The van der Waals surface area contributed by atoms with Crippen LogP contribution in [-0.4, -0.2) is 27.2 Å². The molecule has 3 aromatic rings. The van der Waals surface area contributed by atoms with Crippen molar-refractivity contribution in [3.63, 3.8) is 0 Å². The molecule has 0 saturated carbocycles. The lowest BCUT2D eigenvalue weighted by Crippen LogP contribution is -2.31. The predicted molar refractivity (Wildman–Crippen MR) is 95.1 cm³/mol. The van der Waals surface area contributed by atoms with Crippen molar-refractivity contribution in [2.24, 2.45) is 0 Å². The van der Waals surface area contributed by atoms with Gasteiger partial charge in [0, 0.05) is 35.9 Å². The molecule has 0 radical (unpaired) electrons. The number of non-ortho nitro benzene ring substituents is 1. The highest BCUT2D eigenvalue weighted by molar-refractivity contribution is 7.10. The van der Waals surface area contributed by atoms with E-state index in [0.29, 0.717) is 0 Å². The fraction of sp³-hybridized carbons (Fsp3) is 0.125. The number of nitrogens with one attached hydrogen (secondary N) is 1. The summed E-state index contributed by atoms with van der Waals surface area (Å²) in [7, 11) is 0. The first-order valence-electron chi connectivity index (χ1n) is 7.31. The third kappa shape index (κ3) is 3.86. The number of carbonyl (C=O) groups excluding carboxylic acids is 1. The highest BCUT2D eigenvalue weighted by atomic mass is 35.5. The molecule has 0 spiro atoms. The fourth-order valence-electron chi connectivity index (χ4n) is 2.36. The highest BCUT2D eigenvalue weighted by Gasteiger charge is 2.19. The molecule has 0 fully saturated rings. The highest BCUT2D eigenvalue weighted by Crippen LogP contribution is 2.24. The molecule has 9 heteroatoms. The van der Waals surface area contributed by atoms with Crippen molar-refractivity contribution in [2.45, 2.75) is 6.04 Å². The number of halogens is 1. The van der Waals surface area contributed by atoms with Crippen LogP contribution in [0.15, 0.2) is 54.2 Å². The SMILES string of the molecule is O=C(NCC(c1cccs1)n1cccn1)c1cc([N+](=O)[O-])ccc1Cl. The molecule has 25 heavy (non-hydrogen) atoms. The number of rotatable bonds is 6. The van der Waals surface area contributed by atoms with Crippen molar-refractivity contribution in [1.29, 1.82) is 0 Å². The number of hydrogen-bond acceptors (Lipinski definition) is 5. The van der Waals surface area contributed by atoms with Crippen molar-refractivity contribution < 1.29 is 9.72 Å². The molecule has 1 amide bonds. The zero-order valence-electron chi connectivity index (χ0n) is 12.8. The molecule has 1 atom stereocenters. The lowest BCUT2D eigenvalue weighted by Gasteiger charge is -2.17. The minimum absolute atomic E-state index is 0.0706. The smallest absolute Gasteiger partial charge is 0.270 e. The molecule has 3 rings (SSSR count). The summed E-state index contributed by atoms with van der Waals surface area (Å²) in [5.41, 5.74) is -0.113. The second kappa shape index (κ2) is 7.45. The molecular weight excluding hydrogens is 364 g/mol. The maximum Gasteiger partial charge on any atom is 0.270 e. The summed E-state index contributed by atoms with van der Waals surface area (Å²) in [5.74, 6) is -0.470. The zero-order valence-corrected chi connectivity index (χ0v) is 14.4. The first-order valence-corrected chi connectivity index (χ1v) is 8.56. The Bertz CT molecular complexity index is 847. The largest absolute Gasteiger partial charge is 0.349 e. The standard InChI is InChI=1S/C16H13ClN4O3S/c17-13-5-4-11(21(23)24)9-12(13)16(22)18-10-14(15-3-1-8-25-15)20-7-2-6-19-20/h1-9,14H,10H2,(H,18,22). The Morgan fingerprint density at radius 1 is 1.40 bits per heavy atom. The second-order valence-electron chi connectivity index (χ2n) is 5.15. The summed E-state index contributed by atoms with van der Waals surface area (Å²) in [6.45, 7) is 0.278. The minimum atomic E-state index is -0.564. The van der Waals surface area contributed by atoms with E-state index in [1.54, 1.807) is 28.3 Å². The summed E-state index contributed by atoms with van der Waals surface area (Å²) < 4.78 is 1.75. The maximum absolute atomic E-state index is 12.4. The fourth-order valence-corrected chi connectivity index (χ4v) is 3.38. The van der Waals surface area contributed by atoms with E-state index >= 15 is 0 Å². The van der Waals surface area contributed by atoms with Crippen LogP contribution in [0.25, 0.3) is 0 Å². The lowest BCUT2D eigenvalue weighted by atomic mass is 10.1. The topological polar surface area (TPSA) is 90.1 Å². The Labute approximate surface area is 152 Å². The van der Waals surface area contributed by atoms with Gasteiger partial charge in [-0.05, 0) is 23.6 Å². The number of amides is 1. The number of nitro groups is 1. The minimum Gasteiger partial charge on any atom is -0.349 e. The summed E-state index contributed by atoms with van der Waals surface area (Å²) in [4.78, 5) is 23.8. The number of aromatic nitrogens is 2. The van der Waals surface area contributed by atoms with Crippen LogP contribution in [0.1, 0.15) is 21.3 Å². The van der Waals surface area contributed by atoms with Gasteiger partial charge in [0.15, 0.2) is 0 Å². The number of nitro benzene ring substituents is 1. The van der Waals surface area contributed by atoms with E-state index < -0.39 is 10.8 Å². The average molecular weight is 377 g/mol.